The van der Waals surface area contributed by atoms with Crippen molar-refractivity contribution in [2.45, 2.75) is 12.8 Å². The van der Waals surface area contributed by atoms with Crippen LogP contribution in [0.3, 0.4) is 0 Å². The third-order valence-corrected chi connectivity index (χ3v) is 5.17. The van der Waals surface area contributed by atoms with Gasteiger partial charge in [0.25, 0.3) is 0 Å². The molecule has 5 rings (SSSR count). The van der Waals surface area contributed by atoms with E-state index < -0.39 is 0 Å². The topological polar surface area (TPSA) is 79.5 Å². The van der Waals surface area contributed by atoms with E-state index in [0.717, 1.165) is 29.8 Å². The van der Waals surface area contributed by atoms with Gasteiger partial charge in [0.15, 0.2) is 11.5 Å². The maximum absolute atomic E-state index is 12.8. The van der Waals surface area contributed by atoms with Gasteiger partial charge in [-0.05, 0) is 18.6 Å². The number of hydrogen-bond acceptors (Lipinski definition) is 4. The zero-order valence-electron chi connectivity index (χ0n) is 15.3. The van der Waals surface area contributed by atoms with E-state index >= 15 is 0 Å². The zero-order chi connectivity index (χ0) is 18.9. The number of rotatable bonds is 2. The number of amides is 2. The molecule has 142 valence electrons. The number of benzene rings is 2. The summed E-state index contributed by atoms with van der Waals surface area (Å²) in [6.45, 7) is 1.50. The number of nitrogens with one attached hydrogen (secondary N) is 2. The lowest BCUT2D eigenvalue weighted by molar-refractivity contribution is 0.174. The lowest BCUT2D eigenvalue weighted by atomic mass is 10.0. The molecule has 7 nitrogen and oxygen atoms in total. The number of aromatic amines is 1. The van der Waals surface area contributed by atoms with Crippen molar-refractivity contribution in [2.75, 3.05) is 25.2 Å². The van der Waals surface area contributed by atoms with Gasteiger partial charge in [0.2, 0.25) is 6.79 Å². The molecule has 2 N–H and O–H groups in total. The van der Waals surface area contributed by atoms with Gasteiger partial charge >= 0.3 is 6.03 Å². The average molecular weight is 376 g/mol. The largest absolute Gasteiger partial charge is 0.454 e. The third-order valence-electron chi connectivity index (χ3n) is 5.17. The first-order chi connectivity index (χ1) is 13.8. The number of aromatic nitrogens is 2. The lowest BCUT2D eigenvalue weighted by Gasteiger charge is -2.21. The Morgan fingerprint density at radius 1 is 1.04 bits per heavy atom. The Morgan fingerprint density at radius 3 is 2.75 bits per heavy atom. The first-order valence-electron chi connectivity index (χ1n) is 9.35. The van der Waals surface area contributed by atoms with E-state index in [2.05, 4.69) is 27.6 Å². The molecule has 0 bridgehead atoms. The number of H-pyrrole nitrogens is 1. The van der Waals surface area contributed by atoms with Gasteiger partial charge < -0.3 is 19.7 Å². The van der Waals surface area contributed by atoms with Gasteiger partial charge in [0.1, 0.15) is 0 Å². The molecule has 1 aromatic heterocycles. The van der Waals surface area contributed by atoms with Crippen LogP contribution >= 0.6 is 0 Å². The molecule has 0 radical (unpaired) electrons. The summed E-state index contributed by atoms with van der Waals surface area (Å²) < 4.78 is 10.7. The highest BCUT2D eigenvalue weighted by molar-refractivity contribution is 5.90. The Bertz CT molecular complexity index is 1020. The van der Waals surface area contributed by atoms with Crippen molar-refractivity contribution in [1.29, 1.82) is 0 Å². The zero-order valence-corrected chi connectivity index (χ0v) is 15.3. The Kier molecular flexibility index (Phi) is 4.12. The Hall–Kier alpha value is -3.48. The van der Waals surface area contributed by atoms with Gasteiger partial charge in [0.05, 0.1) is 5.69 Å². The standard InChI is InChI=1S/C21H20N4O3/c26-21(22-15-6-7-18-19(12-15)28-13-27-18)25-10-8-16-17(9-11-25)23-24-20(16)14-4-2-1-3-5-14/h1-7,12H,8-11,13H2,(H,22,26)(H,23,24). The summed E-state index contributed by atoms with van der Waals surface area (Å²) in [5.74, 6) is 1.36. The quantitative estimate of drug-likeness (QED) is 0.718. The number of ether oxygens (including phenoxy) is 2. The molecule has 0 fully saturated rings. The number of fused-ring (bicyclic) bond motifs is 2. The van der Waals surface area contributed by atoms with Gasteiger partial charge in [-0.3, -0.25) is 5.10 Å². The van der Waals surface area contributed by atoms with Crippen molar-refractivity contribution in [3.63, 3.8) is 0 Å². The molecule has 0 saturated heterocycles. The monoisotopic (exact) mass is 376 g/mol. The van der Waals surface area contributed by atoms with Crippen LogP contribution in [0.1, 0.15) is 11.3 Å². The first kappa shape index (κ1) is 16.7. The minimum absolute atomic E-state index is 0.113. The predicted octanol–water partition coefficient (Wildman–Crippen LogP) is 3.44. The van der Waals surface area contributed by atoms with Crippen LogP contribution in [-0.4, -0.2) is 41.0 Å². The molecule has 2 aromatic carbocycles. The number of urea groups is 1. The molecule has 2 aliphatic rings. The second-order valence-corrected chi connectivity index (χ2v) is 6.88. The molecule has 0 saturated carbocycles. The van der Waals surface area contributed by atoms with Crippen molar-refractivity contribution in [2.24, 2.45) is 0 Å². The minimum atomic E-state index is -0.113. The number of carbonyl (C=O) groups is 1. The first-order valence-corrected chi connectivity index (χ1v) is 9.35. The fourth-order valence-electron chi connectivity index (χ4n) is 3.70. The summed E-state index contributed by atoms with van der Waals surface area (Å²) in [7, 11) is 0. The fourth-order valence-corrected chi connectivity index (χ4v) is 3.70. The van der Waals surface area contributed by atoms with Crippen LogP contribution in [-0.2, 0) is 12.8 Å². The van der Waals surface area contributed by atoms with E-state index in [1.54, 1.807) is 6.07 Å². The van der Waals surface area contributed by atoms with E-state index in [9.17, 15) is 4.79 Å². The highest BCUT2D eigenvalue weighted by atomic mass is 16.7. The highest BCUT2D eigenvalue weighted by Crippen LogP contribution is 2.34. The van der Waals surface area contributed by atoms with E-state index in [1.165, 1.54) is 5.56 Å². The summed E-state index contributed by atoms with van der Waals surface area (Å²) >= 11 is 0. The molecule has 0 spiro atoms. The van der Waals surface area contributed by atoms with Crippen molar-refractivity contribution in [3.05, 3.63) is 59.8 Å². The molecule has 0 unspecified atom stereocenters. The van der Waals surface area contributed by atoms with E-state index in [0.29, 0.717) is 30.3 Å². The summed E-state index contributed by atoms with van der Waals surface area (Å²) in [6.07, 6.45) is 1.52. The van der Waals surface area contributed by atoms with Crippen LogP contribution in [0.2, 0.25) is 0 Å². The van der Waals surface area contributed by atoms with Gasteiger partial charge in [-0.25, -0.2) is 4.79 Å². The average Bonchev–Trinajstić information content (AvgIpc) is 3.30. The van der Waals surface area contributed by atoms with Crippen molar-refractivity contribution in [1.82, 2.24) is 15.1 Å². The molecule has 2 amide bonds. The fraction of sp³-hybridized carbons (Fsp3) is 0.238. The SMILES string of the molecule is O=C(Nc1ccc2c(c1)OCO2)N1CCc2[nH]nc(-c3ccccc3)c2CC1. The van der Waals surface area contributed by atoms with E-state index in [4.69, 9.17) is 9.47 Å². The maximum Gasteiger partial charge on any atom is 0.321 e. The van der Waals surface area contributed by atoms with Crippen LogP contribution in [0, 0.1) is 0 Å². The summed E-state index contributed by atoms with van der Waals surface area (Å²) in [5, 5.41) is 10.6. The predicted molar refractivity (Wildman–Crippen MR) is 105 cm³/mol. The van der Waals surface area contributed by atoms with Crippen LogP contribution in [0.5, 0.6) is 11.5 Å². The molecule has 2 aliphatic heterocycles. The van der Waals surface area contributed by atoms with Crippen LogP contribution in [0.25, 0.3) is 11.3 Å². The van der Waals surface area contributed by atoms with Gasteiger partial charge in [-0.1, -0.05) is 30.3 Å². The Morgan fingerprint density at radius 2 is 1.86 bits per heavy atom. The molecular weight excluding hydrogens is 356 g/mol. The molecular formula is C21H20N4O3. The molecule has 3 aromatic rings. The van der Waals surface area contributed by atoms with E-state index in [1.807, 2.05) is 35.2 Å². The van der Waals surface area contributed by atoms with Gasteiger partial charge in [-0.15, -0.1) is 0 Å². The van der Waals surface area contributed by atoms with E-state index in [-0.39, 0.29) is 12.8 Å². The normalized spacial score (nSPS) is 15.1. The number of anilines is 1. The van der Waals surface area contributed by atoms with Crippen LogP contribution < -0.4 is 14.8 Å². The smallest absolute Gasteiger partial charge is 0.321 e. The molecule has 7 heteroatoms. The number of hydrogen-bond donors (Lipinski definition) is 2. The third kappa shape index (κ3) is 3.05. The van der Waals surface area contributed by atoms with Crippen molar-refractivity contribution in [3.8, 4) is 22.8 Å². The lowest BCUT2D eigenvalue weighted by Crippen LogP contribution is -2.36. The Balaban J connectivity index is 1.29. The second kappa shape index (κ2) is 6.92. The minimum Gasteiger partial charge on any atom is -0.454 e. The molecule has 0 aliphatic carbocycles. The molecule has 0 atom stereocenters. The summed E-state index contributed by atoms with van der Waals surface area (Å²) in [4.78, 5) is 14.6. The maximum atomic E-state index is 12.8. The van der Waals surface area contributed by atoms with Crippen LogP contribution in [0.4, 0.5) is 10.5 Å². The highest BCUT2D eigenvalue weighted by Gasteiger charge is 2.23. The van der Waals surface area contributed by atoms with Gasteiger partial charge in [-0.2, -0.15) is 5.10 Å². The second-order valence-electron chi connectivity index (χ2n) is 6.88. The van der Waals surface area contributed by atoms with Crippen molar-refractivity contribution < 1.29 is 14.3 Å². The molecule has 3 heterocycles. The van der Waals surface area contributed by atoms with Crippen LogP contribution in [0.15, 0.2) is 48.5 Å². The Labute approximate surface area is 162 Å². The van der Waals surface area contributed by atoms with Crippen molar-refractivity contribution >= 4 is 11.7 Å². The molecule has 28 heavy (non-hydrogen) atoms. The summed E-state index contributed by atoms with van der Waals surface area (Å²) in [5.41, 5.74) is 5.08. The van der Waals surface area contributed by atoms with Gasteiger partial charge in [0, 0.05) is 48.1 Å². The number of carbonyl (C=O) groups excluding carboxylic acids is 1. The summed E-state index contributed by atoms with van der Waals surface area (Å²) in [6, 6.07) is 15.5. The number of nitrogens with zero attached hydrogens (tertiary/aromatic N) is 2.